The van der Waals surface area contributed by atoms with E-state index in [-0.39, 0.29) is 24.0 Å². The zero-order valence-electron chi connectivity index (χ0n) is 12.7. The summed E-state index contributed by atoms with van der Waals surface area (Å²) in [5.74, 6) is 1.91. The first-order valence-corrected chi connectivity index (χ1v) is 7.31. The van der Waals surface area contributed by atoms with Gasteiger partial charge in [0.1, 0.15) is 0 Å². The fourth-order valence-electron chi connectivity index (χ4n) is 1.65. The Bertz CT molecular complexity index is 445. The molecule has 0 radical (unpaired) electrons. The molecule has 0 aliphatic heterocycles. The maximum Gasteiger partial charge on any atom is 0.213 e. The average molecular weight is 404 g/mol. The Morgan fingerprint density at radius 3 is 2.86 bits per heavy atom. The highest BCUT2D eigenvalue weighted by atomic mass is 127. The van der Waals surface area contributed by atoms with E-state index in [1.54, 1.807) is 6.20 Å². The van der Waals surface area contributed by atoms with Crippen LogP contribution in [-0.2, 0) is 6.54 Å². The molecule has 1 aliphatic rings. The van der Waals surface area contributed by atoms with Gasteiger partial charge in [0.25, 0.3) is 0 Å². The van der Waals surface area contributed by atoms with Gasteiger partial charge in [0, 0.05) is 18.3 Å². The van der Waals surface area contributed by atoms with Gasteiger partial charge in [-0.05, 0) is 37.7 Å². The summed E-state index contributed by atoms with van der Waals surface area (Å²) in [6, 6.07) is 4.22. The molecule has 1 saturated carbocycles. The van der Waals surface area contributed by atoms with Crippen LogP contribution in [0.2, 0.25) is 0 Å². The van der Waals surface area contributed by atoms with Crippen molar-refractivity contribution in [1.29, 1.82) is 0 Å². The highest BCUT2D eigenvalue weighted by molar-refractivity contribution is 14.0. The molecule has 0 amide bonds. The van der Waals surface area contributed by atoms with Gasteiger partial charge in [-0.15, -0.1) is 24.0 Å². The zero-order chi connectivity index (χ0) is 14.4. The van der Waals surface area contributed by atoms with Gasteiger partial charge >= 0.3 is 0 Å². The summed E-state index contributed by atoms with van der Waals surface area (Å²) in [4.78, 5) is 8.58. The smallest absolute Gasteiger partial charge is 0.213 e. The number of aliphatic imine (C=N–C) groups is 1. The number of halogens is 1. The first-order chi connectivity index (χ1) is 9.67. The number of aromatic nitrogens is 1. The summed E-state index contributed by atoms with van der Waals surface area (Å²) in [7, 11) is 0. The largest absolute Gasteiger partial charge is 0.477 e. The van der Waals surface area contributed by atoms with Gasteiger partial charge in [0.2, 0.25) is 5.88 Å². The topological polar surface area (TPSA) is 72.5 Å². The van der Waals surface area contributed by atoms with Crippen molar-refractivity contribution in [2.45, 2.75) is 45.7 Å². The van der Waals surface area contributed by atoms with Crippen molar-refractivity contribution < 1.29 is 4.74 Å². The van der Waals surface area contributed by atoms with Crippen molar-refractivity contribution >= 4 is 29.9 Å². The van der Waals surface area contributed by atoms with Gasteiger partial charge in [0.15, 0.2) is 5.96 Å². The van der Waals surface area contributed by atoms with E-state index in [4.69, 9.17) is 10.5 Å². The first kappa shape index (κ1) is 18.0. The van der Waals surface area contributed by atoms with E-state index in [1.165, 1.54) is 12.8 Å². The van der Waals surface area contributed by atoms with Crippen LogP contribution >= 0.6 is 24.0 Å². The van der Waals surface area contributed by atoms with Crippen LogP contribution in [0.1, 0.15) is 38.7 Å². The van der Waals surface area contributed by atoms with Crippen LogP contribution < -0.4 is 15.8 Å². The second-order valence-corrected chi connectivity index (χ2v) is 5.41. The van der Waals surface area contributed by atoms with Crippen molar-refractivity contribution in [3.8, 4) is 5.88 Å². The number of ether oxygens (including phenoxy) is 1. The maximum absolute atomic E-state index is 5.81. The van der Waals surface area contributed by atoms with Crippen LogP contribution in [0.25, 0.3) is 0 Å². The van der Waals surface area contributed by atoms with E-state index in [0.29, 0.717) is 24.4 Å². The van der Waals surface area contributed by atoms with E-state index in [0.717, 1.165) is 24.5 Å². The molecule has 1 aromatic heterocycles. The highest BCUT2D eigenvalue weighted by Crippen LogP contribution is 2.29. The third kappa shape index (κ3) is 6.97. The molecule has 1 atom stereocenters. The van der Waals surface area contributed by atoms with Crippen LogP contribution in [0.4, 0.5) is 0 Å². The Balaban J connectivity index is 0.00000220. The molecule has 0 spiro atoms. The van der Waals surface area contributed by atoms with Gasteiger partial charge in [-0.2, -0.15) is 0 Å². The fraction of sp³-hybridized carbons (Fsp3) is 0.600. The molecule has 0 aromatic carbocycles. The van der Waals surface area contributed by atoms with Gasteiger partial charge in [-0.1, -0.05) is 13.0 Å². The molecule has 118 valence electrons. The molecule has 21 heavy (non-hydrogen) atoms. The Labute approximate surface area is 143 Å². The van der Waals surface area contributed by atoms with Gasteiger partial charge in [0.05, 0.1) is 13.2 Å². The molecule has 0 bridgehead atoms. The lowest BCUT2D eigenvalue weighted by Crippen LogP contribution is -2.38. The van der Waals surface area contributed by atoms with Crippen LogP contribution in [-0.4, -0.2) is 23.6 Å². The van der Waals surface area contributed by atoms with Gasteiger partial charge in [-0.3, -0.25) is 0 Å². The monoisotopic (exact) mass is 404 g/mol. The quantitative estimate of drug-likeness (QED) is 0.417. The summed E-state index contributed by atoms with van der Waals surface area (Å²) in [5, 5.41) is 3.13. The molecular weight excluding hydrogens is 379 g/mol. The van der Waals surface area contributed by atoms with E-state index in [9.17, 15) is 0 Å². The molecule has 3 N–H and O–H groups in total. The Morgan fingerprint density at radius 1 is 1.52 bits per heavy atom. The van der Waals surface area contributed by atoms with Gasteiger partial charge in [-0.25, -0.2) is 9.98 Å². The van der Waals surface area contributed by atoms with Crippen LogP contribution in [0.15, 0.2) is 23.3 Å². The van der Waals surface area contributed by atoms with Crippen molar-refractivity contribution in [2.24, 2.45) is 16.6 Å². The molecule has 2 rings (SSSR count). The number of guanidine groups is 1. The number of pyridine rings is 1. The molecule has 1 aliphatic carbocycles. The molecule has 1 heterocycles. The Kier molecular flexibility index (Phi) is 7.77. The van der Waals surface area contributed by atoms with Crippen LogP contribution in [0.3, 0.4) is 0 Å². The maximum atomic E-state index is 5.81. The van der Waals surface area contributed by atoms with Gasteiger partial charge < -0.3 is 15.8 Å². The molecular formula is C15H25IN4O. The predicted molar refractivity (Wildman–Crippen MR) is 96.1 cm³/mol. The first-order valence-electron chi connectivity index (χ1n) is 7.31. The molecule has 5 nitrogen and oxygen atoms in total. The minimum atomic E-state index is 0. The fourth-order valence-corrected chi connectivity index (χ4v) is 1.65. The van der Waals surface area contributed by atoms with Crippen molar-refractivity contribution in [3.05, 3.63) is 23.9 Å². The minimum absolute atomic E-state index is 0. The number of nitrogens with two attached hydrogens (primary N) is 1. The lowest BCUT2D eigenvalue weighted by molar-refractivity contribution is 0.288. The normalized spacial score (nSPS) is 16.0. The number of hydrogen-bond donors (Lipinski definition) is 2. The lowest BCUT2D eigenvalue weighted by atomic mass is 10.3. The number of nitrogens with one attached hydrogen (secondary N) is 1. The summed E-state index contributed by atoms with van der Waals surface area (Å²) in [6.07, 6.45) is 5.39. The van der Waals surface area contributed by atoms with Crippen molar-refractivity contribution in [1.82, 2.24) is 10.3 Å². The van der Waals surface area contributed by atoms with Crippen LogP contribution in [0.5, 0.6) is 5.88 Å². The molecule has 1 fully saturated rings. The van der Waals surface area contributed by atoms with E-state index >= 15 is 0 Å². The average Bonchev–Trinajstić information content (AvgIpc) is 3.28. The summed E-state index contributed by atoms with van der Waals surface area (Å²) in [6.45, 7) is 5.51. The van der Waals surface area contributed by atoms with Crippen molar-refractivity contribution in [3.63, 3.8) is 0 Å². The number of hydrogen-bond acceptors (Lipinski definition) is 3. The standard InChI is InChI=1S/C15H24N4O.HI/c1-3-11(2)19-15(16)18-9-13-6-7-14(17-8-13)20-10-12-4-5-12;/h6-8,11-12H,3-5,9-10H2,1-2H3,(H3,16,18,19);1H. The molecule has 0 saturated heterocycles. The van der Waals surface area contributed by atoms with E-state index in [1.807, 2.05) is 12.1 Å². The highest BCUT2D eigenvalue weighted by Gasteiger charge is 2.21. The molecule has 6 heteroatoms. The van der Waals surface area contributed by atoms with Crippen molar-refractivity contribution in [2.75, 3.05) is 6.61 Å². The minimum Gasteiger partial charge on any atom is -0.477 e. The second-order valence-electron chi connectivity index (χ2n) is 5.41. The lowest BCUT2D eigenvalue weighted by Gasteiger charge is -2.11. The summed E-state index contributed by atoms with van der Waals surface area (Å²) < 4.78 is 5.59. The third-order valence-corrected chi connectivity index (χ3v) is 3.40. The molecule has 1 unspecified atom stereocenters. The predicted octanol–water partition coefficient (Wildman–Crippen LogP) is 2.69. The number of rotatable bonds is 7. The molecule has 1 aromatic rings. The summed E-state index contributed by atoms with van der Waals surface area (Å²) in [5.41, 5.74) is 6.84. The number of nitrogens with zero attached hydrogens (tertiary/aromatic N) is 2. The third-order valence-electron chi connectivity index (χ3n) is 3.40. The SMILES string of the molecule is CCC(C)NC(N)=NCc1ccc(OCC2CC2)nc1.I. The Hall–Kier alpha value is -1.05. The Morgan fingerprint density at radius 2 is 2.29 bits per heavy atom. The second kappa shape index (κ2) is 9.07. The zero-order valence-corrected chi connectivity index (χ0v) is 15.0. The summed E-state index contributed by atoms with van der Waals surface area (Å²) >= 11 is 0. The van der Waals surface area contributed by atoms with E-state index < -0.39 is 0 Å². The van der Waals surface area contributed by atoms with E-state index in [2.05, 4.69) is 29.1 Å². The van der Waals surface area contributed by atoms with Crippen LogP contribution in [0, 0.1) is 5.92 Å².